The monoisotopic (exact) mass is 388 g/mol. The molecule has 2 heterocycles. The average molecular weight is 388 g/mol. The van der Waals surface area contributed by atoms with E-state index in [4.69, 9.17) is 9.47 Å². The van der Waals surface area contributed by atoms with Gasteiger partial charge in [-0.2, -0.15) is 0 Å². The fraction of sp³-hybridized carbons (Fsp3) is 0.500. The molecule has 7 heteroatoms. The van der Waals surface area contributed by atoms with Crippen LogP contribution in [-0.4, -0.2) is 54.9 Å². The van der Waals surface area contributed by atoms with E-state index >= 15 is 0 Å². The van der Waals surface area contributed by atoms with E-state index < -0.39 is 12.1 Å². The lowest BCUT2D eigenvalue weighted by Crippen LogP contribution is -2.60. The van der Waals surface area contributed by atoms with E-state index in [1.807, 2.05) is 6.07 Å². The van der Waals surface area contributed by atoms with Gasteiger partial charge in [0.2, 0.25) is 5.91 Å². The zero-order chi connectivity index (χ0) is 19.0. The zero-order valence-electron chi connectivity index (χ0n) is 15.6. The van der Waals surface area contributed by atoms with Gasteiger partial charge in [-0.1, -0.05) is 6.92 Å². The number of amides is 2. The quantitative estimate of drug-likeness (QED) is 0.758. The van der Waals surface area contributed by atoms with Crippen LogP contribution in [0.2, 0.25) is 0 Å². The molecule has 1 saturated heterocycles. The van der Waals surface area contributed by atoms with E-state index in [1.165, 1.54) is 17.7 Å². The third-order valence-corrected chi connectivity index (χ3v) is 5.89. The highest BCUT2D eigenvalue weighted by Crippen LogP contribution is 2.38. The Labute approximate surface area is 163 Å². The normalized spacial score (nSPS) is 25.0. The number of rotatable bonds is 6. The Balaban J connectivity index is 1.72. The number of carbonyl (C=O) groups excluding carboxylic acids is 2. The second-order valence-corrected chi connectivity index (χ2v) is 8.49. The SMILES string of the molecule is CCSc1ccc(OCC2CC2)c(C2=CN(C)C(=O)C3NC(=O)COC23)c1. The minimum Gasteiger partial charge on any atom is -0.493 e. The first-order valence-corrected chi connectivity index (χ1v) is 10.3. The Morgan fingerprint density at radius 1 is 1.33 bits per heavy atom. The van der Waals surface area contributed by atoms with Crippen molar-refractivity contribution in [1.82, 2.24) is 10.2 Å². The molecule has 2 fully saturated rings. The molecule has 2 atom stereocenters. The maximum Gasteiger partial charge on any atom is 0.251 e. The van der Waals surface area contributed by atoms with Crippen molar-refractivity contribution in [3.63, 3.8) is 0 Å². The number of hydrogen-bond acceptors (Lipinski definition) is 5. The maximum absolute atomic E-state index is 12.5. The van der Waals surface area contributed by atoms with E-state index in [1.54, 1.807) is 25.0 Å². The minimum atomic E-state index is -0.699. The molecule has 1 aliphatic carbocycles. The van der Waals surface area contributed by atoms with Crippen molar-refractivity contribution in [3.8, 4) is 5.75 Å². The molecule has 0 spiro atoms. The molecular formula is C20H24N2O4S. The van der Waals surface area contributed by atoms with E-state index in [-0.39, 0.29) is 18.4 Å². The van der Waals surface area contributed by atoms with Gasteiger partial charge in [0, 0.05) is 29.3 Å². The number of thioether (sulfide) groups is 1. The summed E-state index contributed by atoms with van der Waals surface area (Å²) >= 11 is 1.76. The Morgan fingerprint density at radius 3 is 2.89 bits per heavy atom. The van der Waals surface area contributed by atoms with Crippen LogP contribution in [-0.2, 0) is 14.3 Å². The van der Waals surface area contributed by atoms with Gasteiger partial charge in [-0.05, 0) is 42.7 Å². The van der Waals surface area contributed by atoms with Crippen molar-refractivity contribution >= 4 is 29.1 Å². The lowest BCUT2D eigenvalue weighted by molar-refractivity contribution is -0.146. The Morgan fingerprint density at radius 2 is 2.15 bits per heavy atom. The van der Waals surface area contributed by atoms with Crippen LogP contribution in [0.1, 0.15) is 25.3 Å². The topological polar surface area (TPSA) is 67.9 Å². The molecule has 6 nitrogen and oxygen atoms in total. The number of fused-ring (bicyclic) bond motifs is 1. The molecule has 4 rings (SSSR count). The van der Waals surface area contributed by atoms with Crippen LogP contribution in [0, 0.1) is 5.92 Å². The van der Waals surface area contributed by atoms with Gasteiger partial charge in [-0.3, -0.25) is 9.59 Å². The summed E-state index contributed by atoms with van der Waals surface area (Å²) in [4.78, 5) is 26.9. The molecule has 1 N–H and O–H groups in total. The fourth-order valence-corrected chi connectivity index (χ4v) is 4.11. The molecule has 0 bridgehead atoms. The van der Waals surface area contributed by atoms with Crippen molar-refractivity contribution in [1.29, 1.82) is 0 Å². The van der Waals surface area contributed by atoms with Crippen molar-refractivity contribution in [2.75, 3.05) is 26.0 Å². The second kappa shape index (κ2) is 7.56. The Kier molecular flexibility index (Phi) is 5.14. The number of nitrogens with one attached hydrogen (secondary N) is 1. The lowest BCUT2D eigenvalue weighted by Gasteiger charge is -2.39. The number of likely N-dealkylation sites (N-methyl/N-ethyl adjacent to an activating group) is 1. The molecule has 0 aromatic heterocycles. The molecule has 1 aromatic rings. The molecule has 1 aromatic carbocycles. The standard InChI is InChI=1S/C20H24N2O4S/c1-3-27-13-6-7-16(25-10-12-4-5-12)14(8-13)15-9-22(2)20(24)18-19(15)26-11-17(23)21-18/h6-9,12,18-19H,3-5,10-11H2,1-2H3,(H,21,23). The summed E-state index contributed by atoms with van der Waals surface area (Å²) in [6.07, 6.45) is 3.75. The van der Waals surface area contributed by atoms with Crippen LogP contribution >= 0.6 is 11.8 Å². The summed E-state index contributed by atoms with van der Waals surface area (Å²) in [5.41, 5.74) is 1.80. The lowest BCUT2D eigenvalue weighted by atomic mass is 9.91. The first kappa shape index (κ1) is 18.4. The average Bonchev–Trinajstić information content (AvgIpc) is 3.48. The molecular weight excluding hydrogens is 364 g/mol. The van der Waals surface area contributed by atoms with Crippen molar-refractivity contribution in [2.45, 2.75) is 36.8 Å². The predicted molar refractivity (Wildman–Crippen MR) is 103 cm³/mol. The largest absolute Gasteiger partial charge is 0.493 e. The summed E-state index contributed by atoms with van der Waals surface area (Å²) in [5, 5.41) is 2.78. The van der Waals surface area contributed by atoms with Crippen LogP contribution in [0.25, 0.3) is 5.57 Å². The van der Waals surface area contributed by atoms with Gasteiger partial charge in [-0.25, -0.2) is 0 Å². The predicted octanol–water partition coefficient (Wildman–Crippen LogP) is 2.28. The number of hydrogen-bond donors (Lipinski definition) is 1. The van der Waals surface area contributed by atoms with Crippen molar-refractivity contribution < 1.29 is 19.1 Å². The van der Waals surface area contributed by atoms with Gasteiger partial charge < -0.3 is 19.7 Å². The van der Waals surface area contributed by atoms with E-state index in [9.17, 15) is 9.59 Å². The van der Waals surface area contributed by atoms with Gasteiger partial charge in [0.25, 0.3) is 5.91 Å². The summed E-state index contributed by atoms with van der Waals surface area (Å²) in [7, 11) is 1.70. The van der Waals surface area contributed by atoms with Crippen LogP contribution in [0.5, 0.6) is 5.75 Å². The van der Waals surface area contributed by atoms with E-state index in [0.717, 1.165) is 27.5 Å². The third kappa shape index (κ3) is 3.84. The maximum atomic E-state index is 12.5. The van der Waals surface area contributed by atoms with Crippen LogP contribution < -0.4 is 10.1 Å². The molecule has 2 amide bonds. The summed E-state index contributed by atoms with van der Waals surface area (Å²) in [6, 6.07) is 5.47. The summed E-state index contributed by atoms with van der Waals surface area (Å²) < 4.78 is 11.9. The third-order valence-electron chi connectivity index (χ3n) is 5.01. The highest BCUT2D eigenvalue weighted by atomic mass is 32.2. The second-order valence-electron chi connectivity index (χ2n) is 7.16. The molecule has 2 unspecified atom stereocenters. The molecule has 0 radical (unpaired) electrons. The number of ether oxygens (including phenoxy) is 2. The van der Waals surface area contributed by atoms with Crippen molar-refractivity contribution in [3.05, 3.63) is 30.0 Å². The number of carbonyl (C=O) groups is 2. The minimum absolute atomic E-state index is 0.0445. The molecule has 3 aliphatic rings. The van der Waals surface area contributed by atoms with E-state index in [0.29, 0.717) is 12.5 Å². The number of morpholine rings is 1. The zero-order valence-corrected chi connectivity index (χ0v) is 16.4. The molecule has 144 valence electrons. The first-order valence-electron chi connectivity index (χ1n) is 9.36. The van der Waals surface area contributed by atoms with Crippen LogP contribution in [0.3, 0.4) is 0 Å². The molecule has 2 aliphatic heterocycles. The van der Waals surface area contributed by atoms with Gasteiger partial charge >= 0.3 is 0 Å². The molecule has 1 saturated carbocycles. The van der Waals surface area contributed by atoms with Gasteiger partial charge in [-0.15, -0.1) is 11.8 Å². The van der Waals surface area contributed by atoms with Gasteiger partial charge in [0.05, 0.1) is 6.61 Å². The van der Waals surface area contributed by atoms with Gasteiger partial charge in [0.15, 0.2) is 0 Å². The number of benzene rings is 1. The highest BCUT2D eigenvalue weighted by Gasteiger charge is 2.42. The van der Waals surface area contributed by atoms with Crippen LogP contribution in [0.4, 0.5) is 0 Å². The van der Waals surface area contributed by atoms with Crippen LogP contribution in [0.15, 0.2) is 29.3 Å². The smallest absolute Gasteiger partial charge is 0.251 e. The Bertz CT molecular complexity index is 790. The summed E-state index contributed by atoms with van der Waals surface area (Å²) in [6.45, 7) is 2.78. The first-order chi connectivity index (χ1) is 13.1. The highest BCUT2D eigenvalue weighted by molar-refractivity contribution is 7.99. The number of nitrogens with zero attached hydrogens (tertiary/aromatic N) is 1. The fourth-order valence-electron chi connectivity index (χ4n) is 3.41. The van der Waals surface area contributed by atoms with Crippen molar-refractivity contribution in [2.24, 2.45) is 5.92 Å². The van der Waals surface area contributed by atoms with E-state index in [2.05, 4.69) is 24.4 Å². The van der Waals surface area contributed by atoms with Gasteiger partial charge in [0.1, 0.15) is 24.5 Å². The summed E-state index contributed by atoms with van der Waals surface area (Å²) in [5.74, 6) is 1.98. The Hall–Kier alpha value is -1.99. The molecule has 27 heavy (non-hydrogen) atoms.